The van der Waals surface area contributed by atoms with Crippen LogP contribution in [0.25, 0.3) is 22.1 Å². The van der Waals surface area contributed by atoms with Crippen molar-refractivity contribution in [3.63, 3.8) is 0 Å². The summed E-state index contributed by atoms with van der Waals surface area (Å²) < 4.78 is 5.65. The number of hydrogen-bond donors (Lipinski definition) is 3. The van der Waals surface area contributed by atoms with Crippen LogP contribution < -0.4 is 16.6 Å². The van der Waals surface area contributed by atoms with Crippen molar-refractivity contribution in [3.05, 3.63) is 54.3 Å². The van der Waals surface area contributed by atoms with E-state index in [-0.39, 0.29) is 11.7 Å². The Morgan fingerprint density at radius 2 is 1.87 bits per heavy atom. The van der Waals surface area contributed by atoms with Crippen LogP contribution >= 0.6 is 0 Å². The first kappa shape index (κ1) is 14.8. The number of nitrogens with one attached hydrogen (secondary N) is 2. The molecule has 0 aliphatic carbocycles. The third-order valence-corrected chi connectivity index (χ3v) is 3.39. The molecule has 0 radical (unpaired) electrons. The number of para-hydroxylation sites is 1. The highest BCUT2D eigenvalue weighted by Gasteiger charge is 2.14. The van der Waals surface area contributed by atoms with Crippen LogP contribution in [0.5, 0.6) is 0 Å². The number of fused-ring (bicyclic) bond motifs is 1. The predicted molar refractivity (Wildman–Crippen MR) is 87.6 cm³/mol. The molecule has 0 atom stereocenters. The zero-order valence-corrected chi connectivity index (χ0v) is 12.4. The molecule has 0 bridgehead atoms. The van der Waals surface area contributed by atoms with Gasteiger partial charge in [-0.15, -0.1) is 0 Å². The number of rotatable bonds is 3. The molecule has 1 aromatic heterocycles. The molecule has 0 spiro atoms. The first-order valence-electron chi connectivity index (χ1n) is 7.00. The molecule has 116 valence electrons. The van der Waals surface area contributed by atoms with Crippen molar-refractivity contribution in [2.24, 2.45) is 5.84 Å². The molecule has 2 aromatic carbocycles. The van der Waals surface area contributed by atoms with Gasteiger partial charge in [0.05, 0.1) is 0 Å². The van der Waals surface area contributed by atoms with Crippen LogP contribution in [0.15, 0.2) is 52.9 Å². The number of nitrogen functional groups attached to an aromatic ring is 1. The number of furan rings is 1. The number of hydrazine groups is 1. The van der Waals surface area contributed by atoms with Crippen LogP contribution in [0, 0.1) is 0 Å². The number of amides is 2. The zero-order valence-electron chi connectivity index (χ0n) is 12.4. The van der Waals surface area contributed by atoms with Gasteiger partial charge < -0.3 is 9.73 Å². The fourth-order valence-corrected chi connectivity index (χ4v) is 2.44. The fourth-order valence-electron chi connectivity index (χ4n) is 2.44. The summed E-state index contributed by atoms with van der Waals surface area (Å²) >= 11 is 0. The fraction of sp³-hybridized carbons (Fsp3) is 0.0588. The number of benzene rings is 2. The lowest BCUT2D eigenvalue weighted by molar-refractivity contribution is -0.114. The van der Waals surface area contributed by atoms with Crippen molar-refractivity contribution >= 4 is 28.5 Å². The molecule has 0 aliphatic heterocycles. The molecule has 0 aliphatic rings. The van der Waals surface area contributed by atoms with E-state index in [1.807, 2.05) is 36.4 Å². The van der Waals surface area contributed by atoms with E-state index in [4.69, 9.17) is 10.3 Å². The molecule has 0 saturated heterocycles. The Balaban J connectivity index is 2.11. The number of hydrogen-bond acceptors (Lipinski definition) is 4. The third kappa shape index (κ3) is 2.93. The first-order chi connectivity index (χ1) is 11.1. The molecule has 6 nitrogen and oxygen atoms in total. The molecular formula is C17H15N3O3. The van der Waals surface area contributed by atoms with Crippen molar-refractivity contribution in [2.45, 2.75) is 6.92 Å². The second-order valence-electron chi connectivity index (χ2n) is 5.07. The molecule has 4 N–H and O–H groups in total. The molecular weight excluding hydrogens is 294 g/mol. The van der Waals surface area contributed by atoms with Crippen molar-refractivity contribution in [1.82, 2.24) is 5.43 Å². The van der Waals surface area contributed by atoms with Crippen molar-refractivity contribution in [2.75, 3.05) is 5.32 Å². The van der Waals surface area contributed by atoms with Gasteiger partial charge in [0, 0.05) is 23.6 Å². The average Bonchev–Trinajstić information content (AvgIpc) is 2.97. The molecule has 6 heteroatoms. The van der Waals surface area contributed by atoms with Crippen molar-refractivity contribution in [1.29, 1.82) is 0 Å². The van der Waals surface area contributed by atoms with Gasteiger partial charge in [0.25, 0.3) is 0 Å². The number of carbonyl (C=O) groups excluding carboxylic acids is 2. The van der Waals surface area contributed by atoms with E-state index >= 15 is 0 Å². The van der Waals surface area contributed by atoms with E-state index in [2.05, 4.69) is 10.7 Å². The van der Waals surface area contributed by atoms with Gasteiger partial charge in [-0.1, -0.05) is 30.3 Å². The quantitative estimate of drug-likeness (QED) is 0.393. The summed E-state index contributed by atoms with van der Waals surface area (Å²) in [5.74, 6) is 4.66. The predicted octanol–water partition coefficient (Wildman–Crippen LogP) is 2.66. The molecule has 23 heavy (non-hydrogen) atoms. The Hall–Kier alpha value is -3.12. The van der Waals surface area contributed by atoms with Crippen LogP contribution in [0.3, 0.4) is 0 Å². The second-order valence-corrected chi connectivity index (χ2v) is 5.07. The van der Waals surface area contributed by atoms with Gasteiger partial charge in [-0.2, -0.15) is 0 Å². The third-order valence-electron chi connectivity index (χ3n) is 3.39. The van der Waals surface area contributed by atoms with Crippen LogP contribution in [0.1, 0.15) is 17.5 Å². The average molecular weight is 309 g/mol. The van der Waals surface area contributed by atoms with Crippen LogP contribution in [-0.2, 0) is 4.79 Å². The number of anilines is 1. The summed E-state index contributed by atoms with van der Waals surface area (Å²) in [6.45, 7) is 1.46. The minimum atomic E-state index is -0.487. The highest BCUT2D eigenvalue weighted by molar-refractivity contribution is 6.00. The number of nitrogens with two attached hydrogens (primary N) is 1. The summed E-state index contributed by atoms with van der Waals surface area (Å²) in [5.41, 5.74) is 5.03. The van der Waals surface area contributed by atoms with Crippen LogP contribution in [0.4, 0.5) is 5.69 Å². The Labute approximate surface area is 132 Å². The summed E-state index contributed by atoms with van der Waals surface area (Å²) in [6, 6.07) is 14.7. The van der Waals surface area contributed by atoms with Crippen molar-refractivity contribution < 1.29 is 14.0 Å². The molecule has 3 aromatic rings. The van der Waals surface area contributed by atoms with E-state index < -0.39 is 5.91 Å². The first-order valence-corrected chi connectivity index (χ1v) is 7.00. The monoisotopic (exact) mass is 309 g/mol. The Morgan fingerprint density at radius 3 is 2.61 bits per heavy atom. The SMILES string of the molecule is CC(=O)Nc1cccc(-c2cccc3cc(C(=O)NN)oc23)c1. The van der Waals surface area contributed by atoms with E-state index in [1.54, 1.807) is 12.1 Å². The molecule has 0 saturated carbocycles. The minimum Gasteiger partial charge on any atom is -0.450 e. The zero-order chi connectivity index (χ0) is 16.4. The molecule has 0 fully saturated rings. The molecule has 0 unspecified atom stereocenters. The van der Waals surface area contributed by atoms with Gasteiger partial charge >= 0.3 is 5.91 Å². The maximum atomic E-state index is 11.6. The van der Waals surface area contributed by atoms with E-state index in [0.717, 1.165) is 16.5 Å². The maximum Gasteiger partial charge on any atom is 0.300 e. The Kier molecular flexibility index (Phi) is 3.82. The molecule has 3 rings (SSSR count). The van der Waals surface area contributed by atoms with Gasteiger partial charge in [-0.05, 0) is 23.8 Å². The van der Waals surface area contributed by atoms with Crippen LogP contribution in [-0.4, -0.2) is 11.8 Å². The van der Waals surface area contributed by atoms with E-state index in [1.165, 1.54) is 6.92 Å². The Bertz CT molecular complexity index is 899. The van der Waals surface area contributed by atoms with Gasteiger partial charge in [0.1, 0.15) is 5.58 Å². The van der Waals surface area contributed by atoms with Crippen LogP contribution in [0.2, 0.25) is 0 Å². The molecule has 1 heterocycles. The van der Waals surface area contributed by atoms with Gasteiger partial charge in [0.2, 0.25) is 5.91 Å². The highest BCUT2D eigenvalue weighted by atomic mass is 16.3. The lowest BCUT2D eigenvalue weighted by Gasteiger charge is -2.06. The minimum absolute atomic E-state index is 0.139. The van der Waals surface area contributed by atoms with E-state index in [0.29, 0.717) is 11.3 Å². The standard InChI is InChI=1S/C17H15N3O3/c1-10(21)19-13-6-2-4-11(8-13)14-7-3-5-12-9-15(17(22)20-18)23-16(12)14/h2-9H,18H2,1H3,(H,19,21)(H,20,22). The van der Waals surface area contributed by atoms with Crippen molar-refractivity contribution in [3.8, 4) is 11.1 Å². The summed E-state index contributed by atoms with van der Waals surface area (Å²) in [7, 11) is 0. The normalized spacial score (nSPS) is 10.5. The highest BCUT2D eigenvalue weighted by Crippen LogP contribution is 2.32. The van der Waals surface area contributed by atoms with Gasteiger partial charge in [-0.3, -0.25) is 15.0 Å². The largest absolute Gasteiger partial charge is 0.450 e. The lowest BCUT2D eigenvalue weighted by atomic mass is 10.0. The lowest BCUT2D eigenvalue weighted by Crippen LogP contribution is -2.29. The maximum absolute atomic E-state index is 11.6. The summed E-state index contributed by atoms with van der Waals surface area (Å²) in [6.07, 6.45) is 0. The summed E-state index contributed by atoms with van der Waals surface area (Å²) in [4.78, 5) is 22.8. The smallest absolute Gasteiger partial charge is 0.300 e. The second kappa shape index (κ2) is 5.94. The van der Waals surface area contributed by atoms with Gasteiger partial charge in [-0.25, -0.2) is 5.84 Å². The Morgan fingerprint density at radius 1 is 1.09 bits per heavy atom. The van der Waals surface area contributed by atoms with Gasteiger partial charge in [0.15, 0.2) is 5.76 Å². The topological polar surface area (TPSA) is 97.4 Å². The molecule has 2 amide bonds. The summed E-state index contributed by atoms with van der Waals surface area (Å²) in [5, 5.41) is 3.54. The van der Waals surface area contributed by atoms with E-state index in [9.17, 15) is 9.59 Å². The number of carbonyl (C=O) groups is 2.